The number of benzene rings is 1. The number of allylic oxidation sites excluding steroid dienone is 3. The first-order valence-electron chi connectivity index (χ1n) is 5.88. The quantitative estimate of drug-likeness (QED) is 0.602. The van der Waals surface area contributed by atoms with E-state index >= 15 is 0 Å². The Balaban J connectivity index is 1.98. The summed E-state index contributed by atoms with van der Waals surface area (Å²) in [6.07, 6.45) is 5.60. The Morgan fingerprint density at radius 3 is 2.63 bits per heavy atom. The molecule has 0 N–H and O–H groups in total. The van der Waals surface area contributed by atoms with E-state index in [2.05, 4.69) is 0 Å². The van der Waals surface area contributed by atoms with Gasteiger partial charge in [-0.05, 0) is 29.5 Å². The molecule has 0 aliphatic heterocycles. The van der Waals surface area contributed by atoms with Gasteiger partial charge >= 0.3 is 0 Å². The molecule has 0 fully saturated rings. The van der Waals surface area contributed by atoms with E-state index in [-0.39, 0.29) is 23.2 Å². The standard InChI is InChI=1S/C13H10N2O4/c16-14(17)10-1-3-12-8(6-10)5-9-7-11(15(18)19)2-4-13(9)12/h1-4,6-8,12H,5H2/t8-,12-/m1/s1. The van der Waals surface area contributed by atoms with E-state index in [1.807, 2.05) is 6.08 Å². The van der Waals surface area contributed by atoms with Crippen LogP contribution in [0.5, 0.6) is 0 Å². The highest BCUT2D eigenvalue weighted by Gasteiger charge is 2.34. The number of non-ortho nitro benzene ring substituents is 1. The Hall–Kier alpha value is -2.50. The molecule has 0 unspecified atom stereocenters. The summed E-state index contributed by atoms with van der Waals surface area (Å²) in [5, 5.41) is 21.5. The van der Waals surface area contributed by atoms with Crippen molar-refractivity contribution in [2.45, 2.75) is 12.3 Å². The van der Waals surface area contributed by atoms with Gasteiger partial charge in [0.25, 0.3) is 11.4 Å². The number of fused-ring (bicyclic) bond motifs is 3. The van der Waals surface area contributed by atoms with Gasteiger partial charge in [-0.15, -0.1) is 0 Å². The first-order valence-corrected chi connectivity index (χ1v) is 5.88. The predicted octanol–water partition coefficient (Wildman–Crippen LogP) is 2.58. The summed E-state index contributed by atoms with van der Waals surface area (Å²) in [5.41, 5.74) is 2.11. The Labute approximate surface area is 108 Å². The minimum atomic E-state index is -0.420. The molecule has 0 heterocycles. The molecule has 0 spiro atoms. The largest absolute Gasteiger partial charge is 0.269 e. The fraction of sp³-hybridized carbons (Fsp3) is 0.231. The Kier molecular flexibility index (Phi) is 2.45. The maximum atomic E-state index is 10.8. The van der Waals surface area contributed by atoms with Gasteiger partial charge in [0.2, 0.25) is 0 Å². The average molecular weight is 258 g/mol. The van der Waals surface area contributed by atoms with Crippen LogP contribution in [0.4, 0.5) is 5.69 Å². The monoisotopic (exact) mass is 258 g/mol. The zero-order chi connectivity index (χ0) is 13.6. The van der Waals surface area contributed by atoms with Gasteiger partial charge in [0, 0.05) is 24.1 Å². The lowest BCUT2D eigenvalue weighted by atomic mass is 9.88. The third kappa shape index (κ3) is 1.81. The topological polar surface area (TPSA) is 86.3 Å². The van der Waals surface area contributed by atoms with Gasteiger partial charge in [0.15, 0.2) is 0 Å². The van der Waals surface area contributed by atoms with Crippen LogP contribution in [0.2, 0.25) is 0 Å². The summed E-state index contributed by atoms with van der Waals surface area (Å²) in [4.78, 5) is 20.7. The van der Waals surface area contributed by atoms with Crippen molar-refractivity contribution in [1.29, 1.82) is 0 Å². The molecule has 2 aliphatic carbocycles. The minimum absolute atomic E-state index is 0.0300. The molecule has 0 saturated heterocycles. The normalized spacial score (nSPS) is 23.5. The molecule has 0 bridgehead atoms. The average Bonchev–Trinajstić information content (AvgIpc) is 2.74. The highest BCUT2D eigenvalue weighted by molar-refractivity contribution is 5.49. The molecule has 2 atom stereocenters. The highest BCUT2D eigenvalue weighted by atomic mass is 16.6. The second kappa shape index (κ2) is 4.01. The van der Waals surface area contributed by atoms with Gasteiger partial charge in [-0.3, -0.25) is 20.2 Å². The molecule has 0 saturated carbocycles. The zero-order valence-electron chi connectivity index (χ0n) is 9.85. The highest BCUT2D eigenvalue weighted by Crippen LogP contribution is 2.43. The minimum Gasteiger partial charge on any atom is -0.258 e. The van der Waals surface area contributed by atoms with Gasteiger partial charge in [-0.1, -0.05) is 12.1 Å². The summed E-state index contributed by atoms with van der Waals surface area (Å²) in [5.74, 6) is 0.127. The molecular formula is C13H10N2O4. The number of hydrogen-bond donors (Lipinski definition) is 0. The van der Waals surface area contributed by atoms with Crippen molar-refractivity contribution in [3.8, 4) is 0 Å². The molecule has 3 rings (SSSR count). The summed E-state index contributed by atoms with van der Waals surface area (Å²) in [7, 11) is 0. The van der Waals surface area contributed by atoms with Gasteiger partial charge < -0.3 is 0 Å². The maximum Gasteiger partial charge on any atom is 0.269 e. The summed E-state index contributed by atoms with van der Waals surface area (Å²) in [6, 6.07) is 4.82. The predicted molar refractivity (Wildman–Crippen MR) is 67.2 cm³/mol. The Morgan fingerprint density at radius 1 is 1.16 bits per heavy atom. The number of hydrogen-bond acceptors (Lipinski definition) is 4. The van der Waals surface area contributed by atoms with Crippen LogP contribution >= 0.6 is 0 Å². The molecule has 1 aromatic rings. The first-order chi connectivity index (χ1) is 9.06. The van der Waals surface area contributed by atoms with Crippen LogP contribution in [0, 0.1) is 26.1 Å². The van der Waals surface area contributed by atoms with E-state index in [0.717, 1.165) is 11.1 Å². The van der Waals surface area contributed by atoms with E-state index in [9.17, 15) is 20.2 Å². The lowest BCUT2D eigenvalue weighted by molar-refractivity contribution is -0.419. The molecule has 6 nitrogen and oxygen atoms in total. The number of rotatable bonds is 2. The van der Waals surface area contributed by atoms with Crippen molar-refractivity contribution in [3.63, 3.8) is 0 Å². The molecule has 96 valence electrons. The summed E-state index contributed by atoms with van der Waals surface area (Å²) in [6.45, 7) is 0. The Morgan fingerprint density at radius 2 is 1.95 bits per heavy atom. The van der Waals surface area contributed by atoms with Crippen LogP contribution in [0.25, 0.3) is 0 Å². The second-order valence-electron chi connectivity index (χ2n) is 4.74. The van der Waals surface area contributed by atoms with Crippen molar-refractivity contribution < 1.29 is 9.85 Å². The smallest absolute Gasteiger partial charge is 0.258 e. The lowest BCUT2D eigenvalue weighted by Gasteiger charge is -2.15. The molecular weight excluding hydrogens is 248 g/mol. The van der Waals surface area contributed by atoms with Gasteiger partial charge in [-0.25, -0.2) is 0 Å². The number of nitrogens with zero attached hydrogens (tertiary/aromatic N) is 2. The van der Waals surface area contributed by atoms with Crippen molar-refractivity contribution in [1.82, 2.24) is 0 Å². The molecule has 0 radical (unpaired) electrons. The van der Waals surface area contributed by atoms with E-state index in [0.29, 0.717) is 6.42 Å². The second-order valence-corrected chi connectivity index (χ2v) is 4.74. The van der Waals surface area contributed by atoms with Crippen LogP contribution in [0.1, 0.15) is 17.0 Å². The van der Waals surface area contributed by atoms with Crippen molar-refractivity contribution >= 4 is 5.69 Å². The molecule has 0 aromatic heterocycles. The fourth-order valence-electron chi connectivity index (χ4n) is 2.83. The number of nitro groups is 2. The van der Waals surface area contributed by atoms with Gasteiger partial charge in [0.1, 0.15) is 0 Å². The van der Waals surface area contributed by atoms with E-state index in [4.69, 9.17) is 0 Å². The van der Waals surface area contributed by atoms with Crippen LogP contribution in [-0.4, -0.2) is 9.85 Å². The summed E-state index contributed by atoms with van der Waals surface area (Å²) < 4.78 is 0. The molecule has 2 aliphatic rings. The summed E-state index contributed by atoms with van der Waals surface area (Å²) >= 11 is 0. The third-order valence-corrected chi connectivity index (χ3v) is 3.68. The first kappa shape index (κ1) is 11.6. The SMILES string of the molecule is O=[N+]([O-])C1=C[C@H]2Cc3cc([N+](=O)[O-])ccc3[C@@H]2C=C1. The van der Waals surface area contributed by atoms with Crippen LogP contribution in [-0.2, 0) is 6.42 Å². The van der Waals surface area contributed by atoms with Gasteiger partial charge in [0.05, 0.1) is 9.85 Å². The van der Waals surface area contributed by atoms with E-state index < -0.39 is 9.85 Å². The third-order valence-electron chi connectivity index (χ3n) is 3.68. The maximum absolute atomic E-state index is 10.8. The van der Waals surface area contributed by atoms with Crippen molar-refractivity contribution in [2.24, 2.45) is 5.92 Å². The van der Waals surface area contributed by atoms with Crippen LogP contribution in [0.3, 0.4) is 0 Å². The zero-order valence-corrected chi connectivity index (χ0v) is 9.85. The molecule has 19 heavy (non-hydrogen) atoms. The fourth-order valence-corrected chi connectivity index (χ4v) is 2.83. The van der Waals surface area contributed by atoms with E-state index in [1.165, 1.54) is 12.1 Å². The van der Waals surface area contributed by atoms with Crippen LogP contribution < -0.4 is 0 Å². The molecule has 0 amide bonds. The van der Waals surface area contributed by atoms with E-state index in [1.54, 1.807) is 18.2 Å². The molecule has 6 heteroatoms. The molecule has 1 aromatic carbocycles. The van der Waals surface area contributed by atoms with Gasteiger partial charge in [-0.2, -0.15) is 0 Å². The van der Waals surface area contributed by atoms with Crippen LogP contribution in [0.15, 0.2) is 42.1 Å². The van der Waals surface area contributed by atoms with Crippen molar-refractivity contribution in [3.05, 3.63) is 73.5 Å². The Bertz CT molecular complexity index is 648. The lowest BCUT2D eigenvalue weighted by Crippen LogP contribution is -2.10. The number of nitro benzene ring substituents is 1. The van der Waals surface area contributed by atoms with Crippen molar-refractivity contribution in [2.75, 3.05) is 0 Å².